The molecule has 0 radical (unpaired) electrons. The van der Waals surface area contributed by atoms with E-state index in [1.165, 1.54) is 23.1 Å². The Balaban J connectivity index is 2.10. The first-order chi connectivity index (χ1) is 14.9. The largest absolute Gasteiger partial charge is 0.481 e. The minimum absolute atomic E-state index is 0.189. The molecule has 0 aromatic heterocycles. The van der Waals surface area contributed by atoms with Crippen LogP contribution in [0.5, 0.6) is 5.75 Å². The highest BCUT2D eigenvalue weighted by molar-refractivity contribution is 5.95. The molecule has 32 heavy (non-hydrogen) atoms. The number of hydrogen-bond donors (Lipinski definition) is 1. The Hall–Kier alpha value is -3.03. The summed E-state index contributed by atoms with van der Waals surface area (Å²) in [6.45, 7) is 9.05. The van der Waals surface area contributed by atoms with E-state index in [-0.39, 0.29) is 24.7 Å². The van der Waals surface area contributed by atoms with Gasteiger partial charge in [0.05, 0.1) is 17.8 Å². The molecule has 2 aromatic carbocycles. The Kier molecular flexibility index (Phi) is 8.30. The quantitative estimate of drug-likeness (QED) is 0.587. The van der Waals surface area contributed by atoms with E-state index >= 15 is 0 Å². The summed E-state index contributed by atoms with van der Waals surface area (Å²) in [5.74, 6) is -0.361. The smallest absolute Gasteiger partial charge is 0.418 e. The summed E-state index contributed by atoms with van der Waals surface area (Å²) in [6, 6.07) is 10.5. The molecular formula is C24H29F3N2O3. The molecule has 0 aliphatic rings. The summed E-state index contributed by atoms with van der Waals surface area (Å²) in [7, 11) is 0. The van der Waals surface area contributed by atoms with Gasteiger partial charge < -0.3 is 15.0 Å². The Labute approximate surface area is 186 Å². The molecule has 2 rings (SSSR count). The molecule has 174 valence electrons. The predicted molar refractivity (Wildman–Crippen MR) is 118 cm³/mol. The van der Waals surface area contributed by atoms with E-state index in [9.17, 15) is 22.8 Å². The number of hydrogen-bond acceptors (Lipinski definition) is 3. The lowest BCUT2D eigenvalue weighted by Crippen LogP contribution is -2.44. The first kappa shape index (κ1) is 25.2. The highest BCUT2D eigenvalue weighted by atomic mass is 19.4. The van der Waals surface area contributed by atoms with Gasteiger partial charge in [-0.05, 0) is 56.0 Å². The van der Waals surface area contributed by atoms with Crippen LogP contribution in [0.2, 0.25) is 0 Å². The maximum absolute atomic E-state index is 13.2. The van der Waals surface area contributed by atoms with Crippen LogP contribution in [0.4, 0.5) is 18.9 Å². The summed E-state index contributed by atoms with van der Waals surface area (Å²) in [5, 5.41) is 2.26. The van der Waals surface area contributed by atoms with E-state index in [1.807, 2.05) is 39.0 Å². The maximum atomic E-state index is 13.2. The number of halogens is 3. The number of likely N-dealkylation sites (N-methyl/N-ethyl adjacent to an activating group) is 1. The van der Waals surface area contributed by atoms with Crippen LogP contribution in [0.15, 0.2) is 42.5 Å². The van der Waals surface area contributed by atoms with E-state index in [1.54, 1.807) is 13.8 Å². The second-order valence-corrected chi connectivity index (χ2v) is 7.90. The molecule has 1 unspecified atom stereocenters. The van der Waals surface area contributed by atoms with Gasteiger partial charge in [-0.15, -0.1) is 0 Å². The number of ether oxygens (including phenoxy) is 1. The molecule has 0 saturated carbocycles. The third-order valence-corrected chi connectivity index (χ3v) is 4.98. The topological polar surface area (TPSA) is 58.6 Å². The Morgan fingerprint density at radius 1 is 1.09 bits per heavy atom. The summed E-state index contributed by atoms with van der Waals surface area (Å²) in [4.78, 5) is 26.6. The van der Waals surface area contributed by atoms with Crippen LogP contribution in [0.3, 0.4) is 0 Å². The van der Waals surface area contributed by atoms with Crippen molar-refractivity contribution < 1.29 is 27.5 Å². The van der Waals surface area contributed by atoms with E-state index < -0.39 is 29.7 Å². The van der Waals surface area contributed by atoms with Crippen molar-refractivity contribution >= 4 is 17.5 Å². The van der Waals surface area contributed by atoms with Crippen LogP contribution in [-0.4, -0.2) is 35.9 Å². The zero-order valence-electron chi connectivity index (χ0n) is 18.9. The number of nitrogens with zero attached hydrogens (tertiary/aromatic N) is 1. The molecule has 0 aliphatic carbocycles. The van der Waals surface area contributed by atoms with E-state index in [0.29, 0.717) is 5.75 Å². The number of amides is 2. The SMILES string of the molecule is CCN(CC(=O)Nc1ccccc1C(F)(F)F)C(=O)C(C)Oc1cc(C)ccc1C(C)C. The molecule has 0 bridgehead atoms. The van der Waals surface area contributed by atoms with Gasteiger partial charge in [0.25, 0.3) is 5.91 Å². The van der Waals surface area contributed by atoms with Crippen molar-refractivity contribution in [1.82, 2.24) is 4.90 Å². The van der Waals surface area contributed by atoms with Crippen molar-refractivity contribution in [3.63, 3.8) is 0 Å². The molecule has 8 heteroatoms. The van der Waals surface area contributed by atoms with Crippen molar-refractivity contribution in [2.75, 3.05) is 18.4 Å². The second-order valence-electron chi connectivity index (χ2n) is 7.90. The van der Waals surface area contributed by atoms with Gasteiger partial charge in [-0.2, -0.15) is 13.2 Å². The molecule has 0 fully saturated rings. The summed E-state index contributed by atoms with van der Waals surface area (Å²) < 4.78 is 45.4. The number of para-hydroxylation sites is 1. The Bertz CT molecular complexity index is 958. The van der Waals surface area contributed by atoms with Gasteiger partial charge in [-0.25, -0.2) is 0 Å². The minimum atomic E-state index is -4.60. The molecule has 5 nitrogen and oxygen atoms in total. The number of alkyl halides is 3. The number of carbonyl (C=O) groups is 2. The van der Waals surface area contributed by atoms with Gasteiger partial charge in [0.1, 0.15) is 5.75 Å². The maximum Gasteiger partial charge on any atom is 0.418 e. The summed E-state index contributed by atoms with van der Waals surface area (Å²) in [6.07, 6.45) is -5.47. The fourth-order valence-electron chi connectivity index (χ4n) is 3.27. The first-order valence-electron chi connectivity index (χ1n) is 10.5. The van der Waals surface area contributed by atoms with Crippen LogP contribution < -0.4 is 10.1 Å². The van der Waals surface area contributed by atoms with E-state index in [0.717, 1.165) is 17.2 Å². The number of carbonyl (C=O) groups excluding carboxylic acids is 2. The molecular weight excluding hydrogens is 421 g/mol. The fourth-order valence-corrected chi connectivity index (χ4v) is 3.27. The van der Waals surface area contributed by atoms with Crippen molar-refractivity contribution in [1.29, 1.82) is 0 Å². The molecule has 0 spiro atoms. The molecule has 0 saturated heterocycles. The Morgan fingerprint density at radius 2 is 1.75 bits per heavy atom. The van der Waals surface area contributed by atoms with Crippen LogP contribution >= 0.6 is 0 Å². The molecule has 0 heterocycles. The van der Waals surface area contributed by atoms with Gasteiger partial charge >= 0.3 is 6.18 Å². The molecule has 2 amide bonds. The fraction of sp³-hybridized carbons (Fsp3) is 0.417. The predicted octanol–water partition coefficient (Wildman–Crippen LogP) is 5.39. The monoisotopic (exact) mass is 450 g/mol. The van der Waals surface area contributed by atoms with E-state index in [2.05, 4.69) is 5.32 Å². The second kappa shape index (κ2) is 10.5. The number of benzene rings is 2. The van der Waals surface area contributed by atoms with Gasteiger partial charge in [0.2, 0.25) is 5.91 Å². The molecule has 1 N–H and O–H groups in total. The average molecular weight is 451 g/mol. The first-order valence-corrected chi connectivity index (χ1v) is 10.5. The zero-order valence-corrected chi connectivity index (χ0v) is 18.9. The van der Waals surface area contributed by atoms with Crippen molar-refractivity contribution in [2.45, 2.75) is 52.8 Å². The van der Waals surface area contributed by atoms with Gasteiger partial charge in [-0.3, -0.25) is 9.59 Å². The van der Waals surface area contributed by atoms with Gasteiger partial charge in [0.15, 0.2) is 6.10 Å². The molecule has 2 aromatic rings. The highest BCUT2D eigenvalue weighted by Gasteiger charge is 2.34. The third kappa shape index (κ3) is 6.48. The normalized spacial score (nSPS) is 12.4. The molecule has 0 aliphatic heterocycles. The number of aryl methyl sites for hydroxylation is 1. The van der Waals surface area contributed by atoms with Crippen molar-refractivity contribution in [3.8, 4) is 5.75 Å². The summed E-state index contributed by atoms with van der Waals surface area (Å²) >= 11 is 0. The lowest BCUT2D eigenvalue weighted by molar-refractivity contribution is -0.140. The lowest BCUT2D eigenvalue weighted by atomic mass is 10.0. The van der Waals surface area contributed by atoms with Crippen LogP contribution in [-0.2, 0) is 15.8 Å². The van der Waals surface area contributed by atoms with Crippen LogP contribution in [0.25, 0.3) is 0 Å². The van der Waals surface area contributed by atoms with Gasteiger partial charge in [0, 0.05) is 6.54 Å². The number of rotatable bonds is 8. The van der Waals surface area contributed by atoms with Crippen molar-refractivity contribution in [2.24, 2.45) is 0 Å². The van der Waals surface area contributed by atoms with Crippen LogP contribution in [0, 0.1) is 6.92 Å². The Morgan fingerprint density at radius 3 is 2.34 bits per heavy atom. The van der Waals surface area contributed by atoms with E-state index in [4.69, 9.17) is 4.74 Å². The average Bonchev–Trinajstić information content (AvgIpc) is 2.70. The third-order valence-electron chi connectivity index (χ3n) is 4.98. The lowest BCUT2D eigenvalue weighted by Gasteiger charge is -2.26. The zero-order chi connectivity index (χ0) is 24.1. The number of nitrogens with one attached hydrogen (secondary N) is 1. The van der Waals surface area contributed by atoms with Crippen LogP contribution in [0.1, 0.15) is 50.3 Å². The standard InChI is InChI=1S/C24H29F3N2O3/c1-6-29(14-22(30)28-20-10-8-7-9-19(20)24(25,26)27)23(31)17(5)32-21-13-16(4)11-12-18(21)15(2)3/h7-13,15,17H,6,14H2,1-5H3,(H,28,30). The summed E-state index contributed by atoms with van der Waals surface area (Å²) in [5.41, 5.74) is 0.651. The van der Waals surface area contributed by atoms with Crippen molar-refractivity contribution in [3.05, 3.63) is 59.2 Å². The van der Waals surface area contributed by atoms with Gasteiger partial charge in [-0.1, -0.05) is 38.1 Å². The number of anilines is 1. The molecule has 1 atom stereocenters. The highest BCUT2D eigenvalue weighted by Crippen LogP contribution is 2.34. The minimum Gasteiger partial charge on any atom is -0.481 e.